The molecule has 1 fully saturated rings. The summed E-state index contributed by atoms with van der Waals surface area (Å²) < 4.78 is 6.26. The first-order chi connectivity index (χ1) is 16.6. The van der Waals surface area contributed by atoms with Gasteiger partial charge in [-0.15, -0.1) is 0 Å². The van der Waals surface area contributed by atoms with Crippen LogP contribution in [-0.4, -0.2) is 65.4 Å². The Bertz CT molecular complexity index is 1240. The number of nitrogens with one attached hydrogen (secondary N) is 2. The van der Waals surface area contributed by atoms with Crippen molar-refractivity contribution in [1.29, 1.82) is 0 Å². The van der Waals surface area contributed by atoms with E-state index in [1.807, 2.05) is 48.3 Å². The highest BCUT2D eigenvalue weighted by atomic mass is 16.5. The number of likely N-dealkylation sites (N-methyl/N-ethyl adjacent to an activating group) is 1. The molecule has 174 valence electrons. The number of nitroso groups, excluding NO2 is 1. The average Bonchev–Trinajstić information content (AvgIpc) is 3.32. The summed E-state index contributed by atoms with van der Waals surface area (Å²) >= 11 is 0. The van der Waals surface area contributed by atoms with Crippen LogP contribution in [0.25, 0.3) is 11.3 Å². The molecule has 1 saturated heterocycles. The molecule has 34 heavy (non-hydrogen) atoms. The van der Waals surface area contributed by atoms with Gasteiger partial charge in [0.05, 0.1) is 24.4 Å². The van der Waals surface area contributed by atoms with E-state index in [0.717, 1.165) is 46.8 Å². The molecule has 3 aromatic rings. The van der Waals surface area contributed by atoms with E-state index in [-0.39, 0.29) is 5.91 Å². The van der Waals surface area contributed by atoms with Crippen LogP contribution in [0.3, 0.4) is 0 Å². The molecule has 0 aliphatic carbocycles. The molecule has 3 heterocycles. The number of amides is 1. The third-order valence-corrected chi connectivity index (χ3v) is 6.45. The molecule has 9 nitrogen and oxygen atoms in total. The van der Waals surface area contributed by atoms with Crippen LogP contribution in [0.1, 0.15) is 22.3 Å². The van der Waals surface area contributed by atoms with Crippen molar-refractivity contribution >= 4 is 23.2 Å². The number of ether oxygens (including phenoxy) is 1. The van der Waals surface area contributed by atoms with Crippen LogP contribution in [0.2, 0.25) is 0 Å². The standard InChI is InChI=1S/C25H26N6O3/c1-26-19-10-11-30(15-19)24(32)16-3-5-18(6-4-16)28-25-27-14-17-9-12-31(33)22-13-20(34-2)7-8-21(22)23(17)29-25/h3-8,13-14,19,26H,9-12,15H2,1-2H3/p+1. The summed E-state index contributed by atoms with van der Waals surface area (Å²) in [4.78, 5) is 36.4. The fourth-order valence-corrected chi connectivity index (χ4v) is 4.46. The number of rotatable bonds is 5. The maximum Gasteiger partial charge on any atom is 0.269 e. The first kappa shape index (κ1) is 22.0. The molecule has 2 aliphatic heterocycles. The van der Waals surface area contributed by atoms with Crippen molar-refractivity contribution in [1.82, 2.24) is 20.2 Å². The van der Waals surface area contributed by atoms with Crippen LogP contribution in [-0.2, 0) is 6.42 Å². The Labute approximate surface area is 197 Å². The van der Waals surface area contributed by atoms with Crippen LogP contribution in [0, 0.1) is 4.91 Å². The van der Waals surface area contributed by atoms with Crippen molar-refractivity contribution < 1.29 is 14.3 Å². The van der Waals surface area contributed by atoms with E-state index in [9.17, 15) is 9.70 Å². The molecular weight excluding hydrogens is 432 g/mol. The molecule has 5 rings (SSSR count). The lowest BCUT2D eigenvalue weighted by atomic mass is 10.0. The number of carbonyl (C=O) groups excluding carboxylic acids is 1. The van der Waals surface area contributed by atoms with Crippen molar-refractivity contribution in [2.24, 2.45) is 0 Å². The smallest absolute Gasteiger partial charge is 0.269 e. The summed E-state index contributed by atoms with van der Waals surface area (Å²) in [7, 11) is 3.50. The van der Waals surface area contributed by atoms with Crippen molar-refractivity contribution in [3.8, 4) is 17.0 Å². The van der Waals surface area contributed by atoms with E-state index in [2.05, 4.69) is 15.6 Å². The molecule has 1 unspecified atom stereocenters. The molecule has 0 radical (unpaired) electrons. The van der Waals surface area contributed by atoms with Gasteiger partial charge in [0, 0.05) is 58.2 Å². The number of aromatic nitrogens is 2. The Morgan fingerprint density at radius 2 is 2.03 bits per heavy atom. The average molecular weight is 460 g/mol. The molecule has 2 aromatic carbocycles. The minimum Gasteiger partial charge on any atom is -0.497 e. The van der Waals surface area contributed by atoms with E-state index in [1.165, 1.54) is 0 Å². The summed E-state index contributed by atoms with van der Waals surface area (Å²) in [5, 5.41) is 6.45. The van der Waals surface area contributed by atoms with Gasteiger partial charge in [-0.25, -0.2) is 9.97 Å². The monoisotopic (exact) mass is 459 g/mol. The number of carbonyl (C=O) groups is 1. The Kier molecular flexibility index (Phi) is 5.93. The molecule has 2 N–H and O–H groups in total. The van der Waals surface area contributed by atoms with Gasteiger partial charge in [-0.05, 0) is 49.9 Å². The predicted octanol–water partition coefficient (Wildman–Crippen LogP) is 3.30. The number of hydrogen-bond acceptors (Lipinski definition) is 7. The van der Waals surface area contributed by atoms with E-state index in [4.69, 9.17) is 9.72 Å². The van der Waals surface area contributed by atoms with Gasteiger partial charge >= 0.3 is 0 Å². The third-order valence-electron chi connectivity index (χ3n) is 6.45. The third kappa shape index (κ3) is 4.22. The molecule has 1 amide bonds. The SMILES string of the molecule is CNC1CCN(C(=O)c2ccc(Nc3ncc4c(n3)-c3ccc(OC)cc3[N+](=O)CC4)cc2)C1. The van der Waals surface area contributed by atoms with Crippen LogP contribution in [0.4, 0.5) is 17.3 Å². The van der Waals surface area contributed by atoms with E-state index >= 15 is 0 Å². The predicted molar refractivity (Wildman–Crippen MR) is 129 cm³/mol. The molecule has 0 saturated carbocycles. The van der Waals surface area contributed by atoms with Crippen molar-refractivity contribution in [2.45, 2.75) is 18.9 Å². The maximum absolute atomic E-state index is 12.8. The minimum absolute atomic E-state index is 0.0415. The van der Waals surface area contributed by atoms with Gasteiger partial charge in [-0.2, -0.15) is 0 Å². The van der Waals surface area contributed by atoms with Crippen LogP contribution < -0.4 is 15.4 Å². The molecule has 1 atom stereocenters. The maximum atomic E-state index is 12.8. The van der Waals surface area contributed by atoms with Gasteiger partial charge < -0.3 is 20.3 Å². The number of fused-ring (bicyclic) bond motifs is 3. The second-order valence-electron chi connectivity index (χ2n) is 8.53. The van der Waals surface area contributed by atoms with Crippen LogP contribution in [0.5, 0.6) is 5.75 Å². The lowest BCUT2D eigenvalue weighted by Gasteiger charge is -2.16. The Morgan fingerprint density at radius 3 is 2.76 bits per heavy atom. The molecule has 2 aliphatic rings. The second kappa shape index (κ2) is 9.18. The van der Waals surface area contributed by atoms with Gasteiger partial charge in [0.1, 0.15) is 5.75 Å². The second-order valence-corrected chi connectivity index (χ2v) is 8.53. The highest BCUT2D eigenvalue weighted by molar-refractivity contribution is 5.94. The zero-order chi connectivity index (χ0) is 23.7. The fraction of sp³-hybridized carbons (Fsp3) is 0.320. The number of likely N-dealkylation sites (tertiary alicyclic amines) is 1. The topological polar surface area (TPSA) is 99.5 Å². The van der Waals surface area contributed by atoms with Crippen LogP contribution >= 0.6 is 0 Å². The first-order valence-corrected chi connectivity index (χ1v) is 11.4. The van der Waals surface area contributed by atoms with Crippen molar-refractivity contribution in [2.75, 3.05) is 39.1 Å². The minimum atomic E-state index is 0.0415. The molecule has 0 spiro atoms. The molecular formula is C25H27N6O3+. The molecule has 0 bridgehead atoms. The number of nitrogens with zero attached hydrogens (tertiary/aromatic N) is 4. The van der Waals surface area contributed by atoms with Crippen molar-refractivity contribution in [3.63, 3.8) is 0 Å². The van der Waals surface area contributed by atoms with E-state index in [0.29, 0.717) is 42.0 Å². The Balaban J connectivity index is 1.37. The highest BCUT2D eigenvalue weighted by Gasteiger charge is 2.29. The summed E-state index contributed by atoms with van der Waals surface area (Å²) in [6.45, 7) is 1.82. The molecule has 1 aromatic heterocycles. The lowest BCUT2D eigenvalue weighted by molar-refractivity contribution is -0.461. The van der Waals surface area contributed by atoms with Gasteiger partial charge in [0.2, 0.25) is 12.5 Å². The number of anilines is 2. The normalized spacial score (nSPS) is 17.1. The fourth-order valence-electron chi connectivity index (χ4n) is 4.46. The summed E-state index contributed by atoms with van der Waals surface area (Å²) in [6, 6.07) is 13.1. The highest BCUT2D eigenvalue weighted by Crippen LogP contribution is 2.37. The first-order valence-electron chi connectivity index (χ1n) is 11.4. The van der Waals surface area contributed by atoms with Crippen LogP contribution in [0.15, 0.2) is 48.7 Å². The lowest BCUT2D eigenvalue weighted by Crippen LogP contribution is -2.33. The largest absolute Gasteiger partial charge is 0.497 e. The van der Waals surface area contributed by atoms with Gasteiger partial charge in [-0.3, -0.25) is 4.79 Å². The summed E-state index contributed by atoms with van der Waals surface area (Å²) in [5.74, 6) is 1.09. The Morgan fingerprint density at radius 1 is 1.21 bits per heavy atom. The van der Waals surface area contributed by atoms with Crippen molar-refractivity contribution in [3.05, 3.63) is 64.7 Å². The van der Waals surface area contributed by atoms with Gasteiger partial charge in [0.15, 0.2) is 0 Å². The number of methoxy groups -OCH3 is 1. The number of hydrogen-bond donors (Lipinski definition) is 2. The Hall–Kier alpha value is -3.85. The zero-order valence-corrected chi connectivity index (χ0v) is 19.2. The number of benzene rings is 2. The van der Waals surface area contributed by atoms with Gasteiger partial charge in [0.25, 0.3) is 11.6 Å². The van der Waals surface area contributed by atoms with E-state index < -0.39 is 0 Å². The van der Waals surface area contributed by atoms with Gasteiger partial charge in [-0.1, -0.05) is 0 Å². The zero-order valence-electron chi connectivity index (χ0n) is 19.2. The summed E-state index contributed by atoms with van der Waals surface area (Å²) in [5.41, 5.74) is 4.37. The molecule has 9 heteroatoms. The summed E-state index contributed by atoms with van der Waals surface area (Å²) in [6.07, 6.45) is 3.29. The van der Waals surface area contributed by atoms with E-state index in [1.54, 1.807) is 19.4 Å². The quantitative estimate of drug-likeness (QED) is 0.565.